The predicted molar refractivity (Wildman–Crippen MR) is 143 cm³/mol. The second kappa shape index (κ2) is 9.23. The van der Waals surface area contributed by atoms with Gasteiger partial charge < -0.3 is 15.5 Å². The number of aromatic nitrogens is 5. The Hall–Kier alpha value is -4.17. The predicted octanol–water partition coefficient (Wildman–Crippen LogP) is 4.36. The van der Waals surface area contributed by atoms with Gasteiger partial charge in [0.05, 0.1) is 36.1 Å². The Balaban J connectivity index is 1.71. The maximum Gasteiger partial charge on any atom is 0.137 e. The normalized spacial score (nSPS) is 12.5. The van der Waals surface area contributed by atoms with E-state index in [-0.39, 0.29) is 0 Å². The lowest BCUT2D eigenvalue weighted by Crippen LogP contribution is -2.25. The molecule has 0 aromatic carbocycles. The number of rotatable bonds is 5. The van der Waals surface area contributed by atoms with E-state index in [1.54, 1.807) is 37.0 Å². The fourth-order valence-electron chi connectivity index (χ4n) is 4.10. The minimum Gasteiger partial charge on any atom is -0.495 e. The van der Waals surface area contributed by atoms with Gasteiger partial charge in [-0.1, -0.05) is 5.57 Å². The average molecular weight is 483 g/mol. The molecular formula is C27H26N6OS. The van der Waals surface area contributed by atoms with Crippen molar-refractivity contribution in [2.24, 2.45) is 5.73 Å². The van der Waals surface area contributed by atoms with Gasteiger partial charge in [-0.25, -0.2) is 0 Å². The Labute approximate surface area is 206 Å². The number of hydrogen-bond acceptors (Lipinski definition) is 6. The number of methoxy groups -OCH3 is 1. The molecule has 35 heavy (non-hydrogen) atoms. The highest BCUT2D eigenvalue weighted by Gasteiger charge is 2.14. The summed E-state index contributed by atoms with van der Waals surface area (Å²) >= 11 is 1.76. The van der Waals surface area contributed by atoms with Crippen molar-refractivity contribution < 1.29 is 4.74 Å². The molecule has 4 N–H and O–H groups in total. The van der Waals surface area contributed by atoms with Crippen LogP contribution in [0.3, 0.4) is 0 Å². The van der Waals surface area contributed by atoms with Gasteiger partial charge >= 0.3 is 0 Å². The first-order chi connectivity index (χ1) is 17.0. The van der Waals surface area contributed by atoms with Crippen LogP contribution >= 0.6 is 11.3 Å². The lowest BCUT2D eigenvalue weighted by atomic mass is 10.1. The summed E-state index contributed by atoms with van der Waals surface area (Å²) in [6.45, 7) is 6.22. The van der Waals surface area contributed by atoms with Crippen molar-refractivity contribution in [1.82, 2.24) is 25.1 Å². The van der Waals surface area contributed by atoms with Crippen LogP contribution in [-0.4, -0.2) is 32.3 Å². The number of pyridine rings is 2. The molecule has 0 bridgehead atoms. The summed E-state index contributed by atoms with van der Waals surface area (Å²) in [6.07, 6.45) is 10.8. The molecule has 5 aromatic heterocycles. The number of H-pyrrole nitrogens is 2. The maximum atomic E-state index is 6.06. The average Bonchev–Trinajstić information content (AvgIpc) is 3.59. The number of nitrogens with two attached hydrogens (primary N) is 1. The van der Waals surface area contributed by atoms with Crippen molar-refractivity contribution >= 4 is 39.5 Å². The summed E-state index contributed by atoms with van der Waals surface area (Å²) in [5.41, 5.74) is 12.6. The summed E-state index contributed by atoms with van der Waals surface area (Å²) in [4.78, 5) is 14.7. The first kappa shape index (κ1) is 22.6. The number of nitrogens with one attached hydrogen (secondary N) is 2. The molecule has 0 radical (unpaired) electrons. The molecule has 0 fully saturated rings. The third-order valence-corrected chi connectivity index (χ3v) is 6.91. The molecule has 0 saturated carbocycles. The largest absolute Gasteiger partial charge is 0.495 e. The van der Waals surface area contributed by atoms with Crippen LogP contribution in [0.2, 0.25) is 0 Å². The molecule has 5 heterocycles. The van der Waals surface area contributed by atoms with Crippen LogP contribution in [0.4, 0.5) is 0 Å². The SMILES string of the molecule is COc1cncc(C(/C=c2/c(-c3cc4c(-c5ccc(C)s5)cncc4[nH]3)n[nH]c2=C(C)C)=C/N)c1. The molecule has 8 heteroatoms. The Morgan fingerprint density at radius 3 is 2.63 bits per heavy atom. The number of nitrogens with zero attached hydrogens (tertiary/aromatic N) is 3. The number of thiophene rings is 1. The first-order valence-electron chi connectivity index (χ1n) is 11.2. The zero-order valence-electron chi connectivity index (χ0n) is 20.0. The molecule has 0 amide bonds. The number of aryl methyl sites for hydroxylation is 1. The minimum absolute atomic E-state index is 0.667. The molecule has 176 valence electrons. The zero-order valence-corrected chi connectivity index (χ0v) is 20.8. The van der Waals surface area contributed by atoms with Crippen LogP contribution in [0.5, 0.6) is 5.75 Å². The molecule has 0 spiro atoms. The van der Waals surface area contributed by atoms with E-state index in [4.69, 9.17) is 10.5 Å². The number of aromatic amines is 2. The van der Waals surface area contributed by atoms with E-state index < -0.39 is 0 Å². The van der Waals surface area contributed by atoms with E-state index >= 15 is 0 Å². The fourth-order valence-corrected chi connectivity index (χ4v) is 5.00. The van der Waals surface area contributed by atoms with Gasteiger partial charge in [-0.3, -0.25) is 15.1 Å². The highest BCUT2D eigenvalue weighted by atomic mass is 32.1. The van der Waals surface area contributed by atoms with Crippen LogP contribution in [0.1, 0.15) is 24.3 Å². The monoisotopic (exact) mass is 482 g/mol. The molecule has 0 atom stereocenters. The standard InChI is InChI=1S/C27H26N6OS/c1-15(2)26-21(8-17(10-28)18-7-19(34-4)12-29-11-18)27(33-32-26)23-9-20-22(13-30-14-24(20)31-23)25-6-5-16(3)35-25/h5-14,31-32H,28H2,1-4H3/b17-10+,21-8+. The second-order valence-electron chi connectivity index (χ2n) is 8.48. The molecular weight excluding hydrogens is 456 g/mol. The molecule has 5 aromatic rings. The van der Waals surface area contributed by atoms with Crippen molar-refractivity contribution in [2.75, 3.05) is 7.11 Å². The molecule has 0 aliphatic heterocycles. The van der Waals surface area contributed by atoms with Gasteiger partial charge in [0, 0.05) is 50.1 Å². The second-order valence-corrected chi connectivity index (χ2v) is 9.77. The van der Waals surface area contributed by atoms with E-state index in [0.29, 0.717) is 5.75 Å². The lowest BCUT2D eigenvalue weighted by molar-refractivity contribution is 0.413. The van der Waals surface area contributed by atoms with Gasteiger partial charge in [-0.15, -0.1) is 11.3 Å². The first-order valence-corrected chi connectivity index (χ1v) is 12.0. The Morgan fingerprint density at radius 2 is 1.91 bits per heavy atom. The molecule has 0 unspecified atom stereocenters. The van der Waals surface area contributed by atoms with Crippen molar-refractivity contribution in [1.29, 1.82) is 0 Å². The molecule has 7 nitrogen and oxygen atoms in total. The lowest BCUT2D eigenvalue weighted by Gasteiger charge is -2.04. The molecule has 0 saturated heterocycles. The fraction of sp³-hybridized carbons (Fsp3) is 0.148. The number of allylic oxidation sites excluding steroid dienone is 1. The third kappa shape index (κ3) is 4.24. The highest BCUT2D eigenvalue weighted by Crippen LogP contribution is 2.34. The Morgan fingerprint density at radius 1 is 1.09 bits per heavy atom. The van der Waals surface area contributed by atoms with Crippen LogP contribution < -0.4 is 21.0 Å². The van der Waals surface area contributed by atoms with Gasteiger partial charge in [-0.05, 0) is 56.7 Å². The topological polar surface area (TPSA) is 106 Å². The number of fused-ring (bicyclic) bond motifs is 1. The summed E-state index contributed by atoms with van der Waals surface area (Å²) in [5.74, 6) is 0.667. The van der Waals surface area contributed by atoms with Crippen LogP contribution in [0.25, 0.3) is 50.0 Å². The smallest absolute Gasteiger partial charge is 0.137 e. The highest BCUT2D eigenvalue weighted by molar-refractivity contribution is 7.15. The van der Waals surface area contributed by atoms with Gasteiger partial charge in [-0.2, -0.15) is 5.10 Å². The van der Waals surface area contributed by atoms with Crippen LogP contribution in [0.15, 0.2) is 55.3 Å². The number of hydrogen-bond donors (Lipinski definition) is 3. The summed E-state index contributed by atoms with van der Waals surface area (Å²) < 4.78 is 5.35. The summed E-state index contributed by atoms with van der Waals surface area (Å²) in [7, 11) is 1.62. The van der Waals surface area contributed by atoms with Crippen LogP contribution in [0, 0.1) is 6.92 Å². The summed E-state index contributed by atoms with van der Waals surface area (Å²) in [5, 5.41) is 10.9. The zero-order chi connectivity index (χ0) is 24.5. The van der Waals surface area contributed by atoms with E-state index in [1.807, 2.05) is 24.5 Å². The van der Waals surface area contributed by atoms with Gasteiger partial charge in [0.1, 0.15) is 11.4 Å². The molecule has 0 aliphatic carbocycles. The van der Waals surface area contributed by atoms with Crippen molar-refractivity contribution in [2.45, 2.75) is 20.8 Å². The third-order valence-electron chi connectivity index (χ3n) is 5.87. The Bertz CT molecular complexity index is 1680. The molecule has 0 aliphatic rings. The van der Waals surface area contributed by atoms with Crippen molar-refractivity contribution in [3.8, 4) is 27.6 Å². The summed E-state index contributed by atoms with van der Waals surface area (Å²) in [6, 6.07) is 8.33. The van der Waals surface area contributed by atoms with E-state index in [2.05, 4.69) is 64.1 Å². The minimum atomic E-state index is 0.667. The molecule has 5 rings (SSSR count). The van der Waals surface area contributed by atoms with E-state index in [9.17, 15) is 0 Å². The van der Waals surface area contributed by atoms with Gasteiger partial charge in [0.25, 0.3) is 0 Å². The van der Waals surface area contributed by atoms with Crippen LogP contribution in [-0.2, 0) is 0 Å². The van der Waals surface area contributed by atoms with Gasteiger partial charge in [0.15, 0.2) is 0 Å². The Kier molecular flexibility index (Phi) is 5.96. The van der Waals surface area contributed by atoms with Gasteiger partial charge in [0.2, 0.25) is 0 Å². The number of ether oxygens (including phenoxy) is 1. The van der Waals surface area contributed by atoms with E-state index in [0.717, 1.165) is 55.1 Å². The quantitative estimate of drug-likeness (QED) is 0.345. The van der Waals surface area contributed by atoms with Crippen molar-refractivity contribution in [3.63, 3.8) is 0 Å². The maximum absolute atomic E-state index is 6.06. The van der Waals surface area contributed by atoms with E-state index in [1.165, 1.54) is 9.75 Å². The van der Waals surface area contributed by atoms with Crippen molar-refractivity contribution in [3.05, 3.63) is 76.3 Å².